The molecule has 0 aliphatic carbocycles. The molecule has 4 heterocycles. The molecule has 1 aliphatic rings. The van der Waals surface area contributed by atoms with Crippen LogP contribution in [-0.4, -0.2) is 31.5 Å². The monoisotopic (exact) mass is 369 g/mol. The van der Waals surface area contributed by atoms with E-state index in [1.165, 1.54) is 5.56 Å². The average Bonchev–Trinajstić information content (AvgIpc) is 3.37. The summed E-state index contributed by atoms with van der Waals surface area (Å²) in [6, 6.07) is 18.7. The van der Waals surface area contributed by atoms with Crippen LogP contribution in [0, 0.1) is 0 Å². The van der Waals surface area contributed by atoms with Gasteiger partial charge < -0.3 is 9.30 Å². The van der Waals surface area contributed by atoms with Gasteiger partial charge in [0.15, 0.2) is 5.52 Å². The molecule has 7 nitrogen and oxygen atoms in total. The third-order valence-electron chi connectivity index (χ3n) is 5.21. The van der Waals surface area contributed by atoms with E-state index in [1.54, 1.807) is 6.20 Å². The highest BCUT2D eigenvalue weighted by atomic mass is 16.6. The summed E-state index contributed by atoms with van der Waals surface area (Å²) in [5.74, 6) is 0.946. The van der Waals surface area contributed by atoms with E-state index in [0.717, 1.165) is 28.0 Å². The summed E-state index contributed by atoms with van der Waals surface area (Å²) in [5.41, 5.74) is 6.42. The summed E-state index contributed by atoms with van der Waals surface area (Å²) in [7, 11) is 0. The fourth-order valence-electron chi connectivity index (χ4n) is 3.87. The van der Waals surface area contributed by atoms with Gasteiger partial charge in [-0.3, -0.25) is 0 Å². The van der Waals surface area contributed by atoms with Gasteiger partial charge in [-0.05, 0) is 39.6 Å². The molecule has 1 unspecified atom stereocenters. The second-order valence-corrected chi connectivity index (χ2v) is 6.87. The molecule has 0 fully saturated rings. The first-order valence-corrected chi connectivity index (χ1v) is 9.09. The number of fused-ring (bicyclic) bond motifs is 4. The zero-order valence-corrected chi connectivity index (χ0v) is 14.8. The molecule has 1 atom stereocenters. The number of benzene rings is 2. The van der Waals surface area contributed by atoms with Crippen LogP contribution in [0.2, 0.25) is 0 Å². The second-order valence-electron chi connectivity index (χ2n) is 6.87. The van der Waals surface area contributed by atoms with E-state index in [4.69, 9.17) is 14.3 Å². The Hall–Kier alpha value is -3.58. The topological polar surface area (TPSA) is 78.9 Å². The van der Waals surface area contributed by atoms with Gasteiger partial charge in [0.05, 0.1) is 23.7 Å². The van der Waals surface area contributed by atoms with Crippen LogP contribution in [0.5, 0.6) is 0 Å². The van der Waals surface area contributed by atoms with E-state index >= 15 is 0 Å². The van der Waals surface area contributed by atoms with Crippen molar-refractivity contribution in [2.45, 2.75) is 12.6 Å². The first-order chi connectivity index (χ1) is 13.9. The van der Waals surface area contributed by atoms with Crippen LogP contribution in [0.1, 0.15) is 17.4 Å². The normalized spacial score (nSPS) is 16.5. The van der Waals surface area contributed by atoms with Gasteiger partial charge in [0.2, 0.25) is 5.65 Å². The lowest BCUT2D eigenvalue weighted by atomic mass is 10.0. The second kappa shape index (κ2) is 5.97. The fourth-order valence-corrected chi connectivity index (χ4v) is 3.87. The van der Waals surface area contributed by atoms with Crippen molar-refractivity contribution in [3.05, 3.63) is 72.2 Å². The minimum atomic E-state index is 0.102. The molecular weight excluding hydrogens is 354 g/mol. The molecule has 1 aliphatic heterocycles. The van der Waals surface area contributed by atoms with Gasteiger partial charge >= 0.3 is 0 Å². The molecule has 0 amide bonds. The molecule has 0 saturated heterocycles. The number of pyridine rings is 1. The zero-order valence-electron chi connectivity index (χ0n) is 14.8. The smallest absolute Gasteiger partial charge is 0.224 e. The Balaban J connectivity index is 1.53. The minimum absolute atomic E-state index is 0.102. The van der Waals surface area contributed by atoms with Crippen molar-refractivity contribution in [2.24, 2.45) is 0 Å². The maximum atomic E-state index is 5.83. The average molecular weight is 369 g/mol. The molecule has 0 N–H and O–H groups in total. The SMILES string of the molecule is c1ccc(C2COCc3nc4ccc(-c5cnc6nonc6c5)cc4n32)cc1. The van der Waals surface area contributed by atoms with Gasteiger partial charge in [0.1, 0.15) is 12.4 Å². The Bertz CT molecular complexity index is 1310. The van der Waals surface area contributed by atoms with Crippen molar-refractivity contribution in [1.29, 1.82) is 0 Å². The Morgan fingerprint density at radius 3 is 2.79 bits per heavy atom. The highest BCUT2D eigenvalue weighted by molar-refractivity contribution is 5.85. The third kappa shape index (κ3) is 2.33. The van der Waals surface area contributed by atoms with Crippen LogP contribution in [0.25, 0.3) is 33.3 Å². The first-order valence-electron chi connectivity index (χ1n) is 9.09. The summed E-state index contributed by atoms with van der Waals surface area (Å²) in [6.45, 7) is 1.15. The van der Waals surface area contributed by atoms with Crippen LogP contribution in [-0.2, 0) is 11.3 Å². The summed E-state index contributed by atoms with van der Waals surface area (Å²) in [4.78, 5) is 9.12. The molecule has 0 radical (unpaired) electrons. The number of hydrogen-bond donors (Lipinski definition) is 0. The number of nitrogens with zero attached hydrogens (tertiary/aromatic N) is 5. The largest absolute Gasteiger partial charge is 0.371 e. The van der Waals surface area contributed by atoms with Crippen molar-refractivity contribution in [1.82, 2.24) is 24.8 Å². The van der Waals surface area contributed by atoms with E-state index in [0.29, 0.717) is 24.4 Å². The van der Waals surface area contributed by atoms with E-state index < -0.39 is 0 Å². The molecule has 7 heteroatoms. The van der Waals surface area contributed by atoms with Crippen molar-refractivity contribution in [3.63, 3.8) is 0 Å². The van der Waals surface area contributed by atoms with Crippen LogP contribution >= 0.6 is 0 Å². The Morgan fingerprint density at radius 2 is 1.86 bits per heavy atom. The van der Waals surface area contributed by atoms with Crippen molar-refractivity contribution in [2.75, 3.05) is 6.61 Å². The molecule has 0 spiro atoms. The number of rotatable bonds is 2. The molecule has 28 heavy (non-hydrogen) atoms. The molecule has 6 rings (SSSR count). The molecule has 2 aromatic carbocycles. The van der Waals surface area contributed by atoms with E-state index in [1.807, 2.05) is 18.2 Å². The summed E-state index contributed by atoms with van der Waals surface area (Å²) in [5, 5.41) is 7.67. The van der Waals surface area contributed by atoms with Crippen molar-refractivity contribution < 1.29 is 9.37 Å². The highest BCUT2D eigenvalue weighted by Gasteiger charge is 2.25. The van der Waals surface area contributed by atoms with Crippen molar-refractivity contribution in [3.8, 4) is 11.1 Å². The molecule has 3 aromatic heterocycles. The number of imidazole rings is 1. The van der Waals surface area contributed by atoms with Gasteiger partial charge in [-0.25, -0.2) is 14.6 Å². The number of aromatic nitrogens is 5. The van der Waals surface area contributed by atoms with E-state index in [2.05, 4.69) is 56.3 Å². The molecule has 5 aromatic rings. The van der Waals surface area contributed by atoms with Crippen LogP contribution in [0.4, 0.5) is 0 Å². The zero-order chi connectivity index (χ0) is 18.5. The van der Waals surface area contributed by atoms with E-state index in [-0.39, 0.29) is 6.04 Å². The lowest BCUT2D eigenvalue weighted by molar-refractivity contribution is 0.0679. The maximum Gasteiger partial charge on any atom is 0.224 e. The lowest BCUT2D eigenvalue weighted by Crippen LogP contribution is -2.24. The highest BCUT2D eigenvalue weighted by Crippen LogP contribution is 2.33. The predicted octanol–water partition coefficient (Wildman–Crippen LogP) is 3.75. The molecule has 136 valence electrons. The Kier molecular flexibility index (Phi) is 3.30. The Labute approximate surface area is 159 Å². The standard InChI is InChI=1S/C21H15N5O2/c1-2-4-13(5-3-1)19-11-27-12-20-23-16-7-6-14(9-18(16)26(19)20)15-8-17-21(22-10-15)25-28-24-17/h1-10,19H,11-12H2. The summed E-state index contributed by atoms with van der Waals surface area (Å²) >= 11 is 0. The molecule has 0 bridgehead atoms. The first kappa shape index (κ1) is 15.5. The summed E-state index contributed by atoms with van der Waals surface area (Å²) < 4.78 is 12.9. The Morgan fingerprint density at radius 1 is 0.929 bits per heavy atom. The number of ether oxygens (including phenoxy) is 1. The molecular formula is C21H15N5O2. The van der Waals surface area contributed by atoms with Crippen LogP contribution in [0.3, 0.4) is 0 Å². The van der Waals surface area contributed by atoms with Crippen LogP contribution in [0.15, 0.2) is 65.4 Å². The van der Waals surface area contributed by atoms with E-state index in [9.17, 15) is 0 Å². The van der Waals surface area contributed by atoms with Gasteiger partial charge in [-0.15, -0.1) is 0 Å². The van der Waals surface area contributed by atoms with Gasteiger partial charge in [-0.2, -0.15) is 0 Å². The quantitative estimate of drug-likeness (QED) is 0.471. The van der Waals surface area contributed by atoms with Gasteiger partial charge in [-0.1, -0.05) is 36.4 Å². The predicted molar refractivity (Wildman–Crippen MR) is 103 cm³/mol. The van der Waals surface area contributed by atoms with Crippen molar-refractivity contribution >= 4 is 22.2 Å². The minimum Gasteiger partial charge on any atom is -0.371 e. The third-order valence-corrected chi connectivity index (χ3v) is 5.21. The molecule has 0 saturated carbocycles. The van der Waals surface area contributed by atoms with Gasteiger partial charge in [0.25, 0.3) is 0 Å². The summed E-state index contributed by atoms with van der Waals surface area (Å²) in [6.07, 6.45) is 1.79. The van der Waals surface area contributed by atoms with Crippen LogP contribution < -0.4 is 0 Å². The number of hydrogen-bond acceptors (Lipinski definition) is 6. The fraction of sp³-hybridized carbons (Fsp3) is 0.143. The lowest BCUT2D eigenvalue weighted by Gasteiger charge is -2.26. The maximum absolute atomic E-state index is 5.83. The van der Waals surface area contributed by atoms with Gasteiger partial charge in [0, 0.05) is 11.8 Å².